The third-order valence-electron chi connectivity index (χ3n) is 3.45. The molecule has 1 aliphatic heterocycles. The summed E-state index contributed by atoms with van der Waals surface area (Å²) in [5.41, 5.74) is 6.58. The fourth-order valence-electron chi connectivity index (χ4n) is 2.38. The van der Waals surface area contributed by atoms with Crippen molar-refractivity contribution in [2.75, 3.05) is 6.79 Å². The number of primary amides is 1. The van der Waals surface area contributed by atoms with Gasteiger partial charge in [-0.2, -0.15) is 9.61 Å². The maximum atomic E-state index is 12.1. The van der Waals surface area contributed by atoms with E-state index in [0.29, 0.717) is 17.2 Å². The lowest BCUT2D eigenvalue weighted by atomic mass is 10.1. The number of hydrogen-bond donors (Lipinski definition) is 2. The van der Waals surface area contributed by atoms with Gasteiger partial charge in [0.05, 0.1) is 11.9 Å². The van der Waals surface area contributed by atoms with Gasteiger partial charge in [-0.3, -0.25) is 9.59 Å². The van der Waals surface area contributed by atoms with Gasteiger partial charge in [0.15, 0.2) is 17.1 Å². The van der Waals surface area contributed by atoms with Crippen LogP contribution in [0.1, 0.15) is 10.4 Å². The summed E-state index contributed by atoms with van der Waals surface area (Å²) in [7, 11) is 0. The van der Waals surface area contributed by atoms with Crippen LogP contribution in [0.2, 0.25) is 0 Å². The van der Waals surface area contributed by atoms with Crippen LogP contribution in [-0.2, 0) is 0 Å². The lowest BCUT2D eigenvalue weighted by molar-refractivity contribution is 0.100. The molecule has 0 fully saturated rings. The van der Waals surface area contributed by atoms with Crippen LogP contribution in [0.3, 0.4) is 0 Å². The molecule has 0 unspecified atom stereocenters. The van der Waals surface area contributed by atoms with Gasteiger partial charge >= 0.3 is 0 Å². The van der Waals surface area contributed by atoms with Crippen molar-refractivity contribution in [3.63, 3.8) is 0 Å². The SMILES string of the molecule is NC(=O)c1cnn2c(=O)cc(-c3ccc4c(c3)OCO4)[nH]c12. The summed E-state index contributed by atoms with van der Waals surface area (Å²) in [6.45, 7) is 0.169. The fourth-order valence-corrected chi connectivity index (χ4v) is 2.38. The number of carbonyl (C=O) groups excluding carboxylic acids is 1. The van der Waals surface area contributed by atoms with Crippen LogP contribution >= 0.6 is 0 Å². The van der Waals surface area contributed by atoms with Crippen LogP contribution in [0.15, 0.2) is 35.3 Å². The molecule has 0 radical (unpaired) electrons. The number of amides is 1. The highest BCUT2D eigenvalue weighted by Crippen LogP contribution is 2.35. The van der Waals surface area contributed by atoms with E-state index in [2.05, 4.69) is 10.1 Å². The predicted octanol–water partition coefficient (Wildman–Crippen LogP) is 0.517. The Labute approximate surface area is 123 Å². The number of nitrogens with one attached hydrogen (secondary N) is 1. The summed E-state index contributed by atoms with van der Waals surface area (Å²) < 4.78 is 11.7. The molecule has 8 nitrogen and oxygen atoms in total. The van der Waals surface area contributed by atoms with Crippen molar-refractivity contribution in [3.8, 4) is 22.8 Å². The molecule has 0 bridgehead atoms. The summed E-state index contributed by atoms with van der Waals surface area (Å²) in [6, 6.07) is 6.69. The van der Waals surface area contributed by atoms with Crippen molar-refractivity contribution >= 4 is 11.6 Å². The van der Waals surface area contributed by atoms with Crippen molar-refractivity contribution in [1.82, 2.24) is 14.6 Å². The molecule has 0 aliphatic carbocycles. The van der Waals surface area contributed by atoms with Gasteiger partial charge in [-0.05, 0) is 18.2 Å². The normalized spacial score (nSPS) is 12.7. The Balaban J connectivity index is 1.93. The average Bonchev–Trinajstić information content (AvgIpc) is 3.12. The van der Waals surface area contributed by atoms with E-state index in [4.69, 9.17) is 15.2 Å². The first kappa shape index (κ1) is 12.5. The second-order valence-corrected chi connectivity index (χ2v) is 4.77. The number of nitrogens with two attached hydrogens (primary N) is 1. The highest BCUT2D eigenvalue weighted by atomic mass is 16.7. The highest BCUT2D eigenvalue weighted by molar-refractivity contribution is 5.98. The van der Waals surface area contributed by atoms with Crippen LogP contribution in [-0.4, -0.2) is 27.3 Å². The summed E-state index contributed by atoms with van der Waals surface area (Å²) in [4.78, 5) is 26.5. The van der Waals surface area contributed by atoms with Gasteiger partial charge in [-0.1, -0.05) is 0 Å². The second kappa shape index (κ2) is 4.35. The molecule has 8 heteroatoms. The predicted molar refractivity (Wildman–Crippen MR) is 75.9 cm³/mol. The Kier molecular flexibility index (Phi) is 2.46. The number of hydrogen-bond acceptors (Lipinski definition) is 5. The molecule has 3 N–H and O–H groups in total. The summed E-state index contributed by atoms with van der Waals surface area (Å²) in [5.74, 6) is 0.588. The second-order valence-electron chi connectivity index (χ2n) is 4.77. The molecule has 3 aromatic rings. The van der Waals surface area contributed by atoms with Gasteiger partial charge in [0.1, 0.15) is 5.56 Å². The Morgan fingerprint density at radius 2 is 2.09 bits per heavy atom. The number of rotatable bonds is 2. The number of H-pyrrole nitrogens is 1. The van der Waals surface area contributed by atoms with Crippen molar-refractivity contribution in [1.29, 1.82) is 0 Å². The Morgan fingerprint density at radius 1 is 1.27 bits per heavy atom. The first-order chi connectivity index (χ1) is 10.6. The van der Waals surface area contributed by atoms with Gasteiger partial charge in [0.25, 0.3) is 11.5 Å². The highest BCUT2D eigenvalue weighted by Gasteiger charge is 2.16. The van der Waals surface area contributed by atoms with E-state index < -0.39 is 5.91 Å². The van der Waals surface area contributed by atoms with Gasteiger partial charge in [0, 0.05) is 11.6 Å². The smallest absolute Gasteiger partial charge is 0.274 e. The number of carbonyl (C=O) groups is 1. The third-order valence-corrected chi connectivity index (χ3v) is 3.45. The average molecular weight is 298 g/mol. The van der Waals surface area contributed by atoms with Gasteiger partial charge in [-0.25, -0.2) is 0 Å². The first-order valence-electron chi connectivity index (χ1n) is 6.44. The molecule has 0 saturated carbocycles. The summed E-state index contributed by atoms with van der Waals surface area (Å²) >= 11 is 0. The minimum Gasteiger partial charge on any atom is -0.454 e. The molecule has 22 heavy (non-hydrogen) atoms. The first-order valence-corrected chi connectivity index (χ1v) is 6.44. The lowest BCUT2D eigenvalue weighted by Gasteiger charge is -2.05. The van der Waals surface area contributed by atoms with Crippen LogP contribution in [0.4, 0.5) is 0 Å². The minimum absolute atomic E-state index is 0.152. The molecule has 1 aliphatic rings. The minimum atomic E-state index is -0.659. The monoisotopic (exact) mass is 298 g/mol. The van der Waals surface area contributed by atoms with E-state index in [0.717, 1.165) is 10.1 Å². The van der Waals surface area contributed by atoms with Gasteiger partial charge < -0.3 is 20.2 Å². The number of aromatic nitrogens is 3. The van der Waals surface area contributed by atoms with E-state index in [1.54, 1.807) is 18.2 Å². The standard InChI is InChI=1S/C14H10N4O4/c15-13(20)8-5-16-18-12(19)4-9(17-14(8)18)7-1-2-10-11(3-7)22-6-21-10/h1-5,17H,6H2,(H2,15,20). The van der Waals surface area contributed by atoms with Crippen molar-refractivity contribution in [3.05, 3.63) is 46.4 Å². The van der Waals surface area contributed by atoms with Gasteiger partial charge in [0.2, 0.25) is 6.79 Å². The van der Waals surface area contributed by atoms with Crippen LogP contribution in [0.25, 0.3) is 16.9 Å². The van der Waals surface area contributed by atoms with E-state index >= 15 is 0 Å². The Morgan fingerprint density at radius 3 is 2.91 bits per heavy atom. The Bertz CT molecular complexity index is 973. The van der Waals surface area contributed by atoms with E-state index in [9.17, 15) is 9.59 Å². The molecule has 0 saturated heterocycles. The fraction of sp³-hybridized carbons (Fsp3) is 0.0714. The number of aromatic amines is 1. The van der Waals surface area contributed by atoms with E-state index in [1.807, 2.05) is 0 Å². The summed E-state index contributed by atoms with van der Waals surface area (Å²) in [5, 5.41) is 3.86. The van der Waals surface area contributed by atoms with Crippen LogP contribution in [0.5, 0.6) is 11.5 Å². The quantitative estimate of drug-likeness (QED) is 0.716. The molecule has 4 rings (SSSR count). The number of fused-ring (bicyclic) bond motifs is 2. The summed E-state index contributed by atoms with van der Waals surface area (Å²) in [6.07, 6.45) is 1.26. The van der Waals surface area contributed by atoms with E-state index in [1.165, 1.54) is 12.3 Å². The van der Waals surface area contributed by atoms with Crippen LogP contribution in [0, 0.1) is 0 Å². The molecule has 0 atom stereocenters. The van der Waals surface area contributed by atoms with Crippen molar-refractivity contribution in [2.24, 2.45) is 5.73 Å². The molecular formula is C14H10N4O4. The maximum Gasteiger partial charge on any atom is 0.274 e. The van der Waals surface area contributed by atoms with E-state index in [-0.39, 0.29) is 23.6 Å². The zero-order valence-electron chi connectivity index (χ0n) is 11.2. The van der Waals surface area contributed by atoms with Crippen LogP contribution < -0.4 is 20.8 Å². The molecular weight excluding hydrogens is 288 g/mol. The van der Waals surface area contributed by atoms with Gasteiger partial charge in [-0.15, -0.1) is 0 Å². The zero-order chi connectivity index (χ0) is 15.3. The number of nitrogens with zero attached hydrogens (tertiary/aromatic N) is 2. The third kappa shape index (κ3) is 1.74. The maximum absolute atomic E-state index is 12.1. The molecule has 3 heterocycles. The number of ether oxygens (including phenoxy) is 2. The topological polar surface area (TPSA) is 112 Å². The van der Waals surface area contributed by atoms with Crippen molar-refractivity contribution < 1.29 is 14.3 Å². The molecule has 2 aromatic heterocycles. The largest absolute Gasteiger partial charge is 0.454 e. The number of benzene rings is 1. The lowest BCUT2D eigenvalue weighted by Crippen LogP contribution is -2.16. The molecule has 110 valence electrons. The molecule has 0 spiro atoms. The zero-order valence-corrected chi connectivity index (χ0v) is 11.2. The van der Waals surface area contributed by atoms with Crippen molar-refractivity contribution in [2.45, 2.75) is 0 Å². The Hall–Kier alpha value is -3.29. The molecule has 1 aromatic carbocycles. The molecule has 1 amide bonds.